The van der Waals surface area contributed by atoms with Gasteiger partial charge in [0.15, 0.2) is 0 Å². The van der Waals surface area contributed by atoms with E-state index in [1.807, 2.05) is 71.6 Å². The van der Waals surface area contributed by atoms with E-state index in [9.17, 15) is 9.59 Å². The molecule has 6 nitrogen and oxygen atoms in total. The van der Waals surface area contributed by atoms with Crippen molar-refractivity contribution in [2.24, 2.45) is 0 Å². The van der Waals surface area contributed by atoms with E-state index in [1.165, 1.54) is 6.08 Å². The van der Waals surface area contributed by atoms with Gasteiger partial charge in [0.1, 0.15) is 5.82 Å². The van der Waals surface area contributed by atoms with E-state index in [2.05, 4.69) is 31.1 Å². The van der Waals surface area contributed by atoms with Crippen molar-refractivity contribution in [2.45, 2.75) is 0 Å². The topological polar surface area (TPSA) is 65.5 Å². The highest BCUT2D eigenvalue weighted by Gasteiger charge is 2.23. The summed E-state index contributed by atoms with van der Waals surface area (Å²) in [5, 5.41) is 2.82. The van der Waals surface area contributed by atoms with E-state index in [-0.39, 0.29) is 11.8 Å². The molecule has 1 fully saturated rings. The normalized spacial score (nSPS) is 13.9. The fourth-order valence-electron chi connectivity index (χ4n) is 3.51. The lowest BCUT2D eigenvalue weighted by Gasteiger charge is -2.35. The van der Waals surface area contributed by atoms with Gasteiger partial charge in [0.05, 0.1) is 11.9 Å². The predicted octanol–water partition coefficient (Wildman–Crippen LogP) is 4.46. The van der Waals surface area contributed by atoms with Gasteiger partial charge >= 0.3 is 0 Å². The Morgan fingerprint density at radius 2 is 1.72 bits per heavy atom. The summed E-state index contributed by atoms with van der Waals surface area (Å²) in [5.74, 6) is 0.668. The van der Waals surface area contributed by atoms with Crippen LogP contribution in [0.4, 0.5) is 11.5 Å². The predicted molar refractivity (Wildman–Crippen MR) is 131 cm³/mol. The number of nitrogens with one attached hydrogen (secondary N) is 1. The molecule has 3 aromatic rings. The number of rotatable bonds is 5. The maximum absolute atomic E-state index is 12.7. The first-order valence-corrected chi connectivity index (χ1v) is 11.2. The van der Waals surface area contributed by atoms with Crippen LogP contribution in [0.15, 0.2) is 83.5 Å². The Balaban J connectivity index is 1.29. The van der Waals surface area contributed by atoms with Crippen LogP contribution in [-0.2, 0) is 4.79 Å². The van der Waals surface area contributed by atoms with Crippen LogP contribution in [0.1, 0.15) is 15.9 Å². The molecule has 1 N–H and O–H groups in total. The van der Waals surface area contributed by atoms with Gasteiger partial charge in [-0.3, -0.25) is 9.59 Å². The highest BCUT2D eigenvalue weighted by atomic mass is 79.9. The van der Waals surface area contributed by atoms with Gasteiger partial charge in [0, 0.05) is 42.3 Å². The lowest BCUT2D eigenvalue weighted by atomic mass is 10.2. The fourth-order valence-corrected chi connectivity index (χ4v) is 3.91. The Morgan fingerprint density at radius 1 is 0.938 bits per heavy atom. The molecule has 162 valence electrons. The van der Waals surface area contributed by atoms with E-state index < -0.39 is 0 Å². The Bertz CT molecular complexity index is 1110. The minimum atomic E-state index is -0.205. The molecule has 4 rings (SSSR count). The number of pyridine rings is 1. The summed E-state index contributed by atoms with van der Waals surface area (Å²) >= 11 is 3.42. The number of carbonyl (C=O) groups excluding carboxylic acids is 2. The van der Waals surface area contributed by atoms with E-state index in [1.54, 1.807) is 12.3 Å². The van der Waals surface area contributed by atoms with Crippen molar-refractivity contribution >= 4 is 45.3 Å². The summed E-state index contributed by atoms with van der Waals surface area (Å²) < 4.78 is 0.897. The highest BCUT2D eigenvalue weighted by molar-refractivity contribution is 9.10. The summed E-state index contributed by atoms with van der Waals surface area (Å²) in [4.78, 5) is 33.3. The molecular formula is C25H23BrN4O2. The lowest BCUT2D eigenvalue weighted by Crippen LogP contribution is -2.49. The third-order valence-electron chi connectivity index (χ3n) is 5.20. The molecule has 2 amide bonds. The maximum atomic E-state index is 12.7. The SMILES string of the molecule is O=C(C=Cc1ccccc1)Nc1ccc(N2CCN(C(=O)c3cccc(Br)c3)CC2)nc1. The minimum Gasteiger partial charge on any atom is -0.353 e. The minimum absolute atomic E-state index is 0.0422. The molecule has 0 saturated carbocycles. The van der Waals surface area contributed by atoms with Gasteiger partial charge < -0.3 is 15.1 Å². The van der Waals surface area contributed by atoms with E-state index >= 15 is 0 Å². The van der Waals surface area contributed by atoms with E-state index in [0.717, 1.165) is 15.9 Å². The number of benzene rings is 2. The van der Waals surface area contributed by atoms with Gasteiger partial charge in [-0.05, 0) is 42.0 Å². The number of anilines is 2. The van der Waals surface area contributed by atoms with Gasteiger partial charge in [0.25, 0.3) is 5.91 Å². The van der Waals surface area contributed by atoms with Crippen molar-refractivity contribution in [1.29, 1.82) is 0 Å². The number of aromatic nitrogens is 1. The monoisotopic (exact) mass is 490 g/mol. The smallest absolute Gasteiger partial charge is 0.254 e. The molecule has 1 saturated heterocycles. The standard InChI is InChI=1S/C25H23BrN4O2/c26-21-8-4-7-20(17-21)25(32)30-15-13-29(14-16-30)23-11-10-22(18-27-23)28-24(31)12-9-19-5-2-1-3-6-19/h1-12,17-18H,13-16H2,(H,28,31). The number of carbonyl (C=O) groups is 2. The number of piperazine rings is 1. The van der Waals surface area contributed by atoms with E-state index in [0.29, 0.717) is 37.4 Å². The summed E-state index contributed by atoms with van der Waals surface area (Å²) in [7, 11) is 0. The van der Waals surface area contributed by atoms with Crippen LogP contribution in [0.5, 0.6) is 0 Å². The van der Waals surface area contributed by atoms with Crippen molar-refractivity contribution in [2.75, 3.05) is 36.4 Å². The third-order valence-corrected chi connectivity index (χ3v) is 5.70. The van der Waals surface area contributed by atoms with Crippen molar-refractivity contribution in [1.82, 2.24) is 9.88 Å². The third kappa shape index (κ3) is 5.62. The van der Waals surface area contributed by atoms with Crippen LogP contribution in [0, 0.1) is 0 Å². The molecule has 0 aliphatic carbocycles. The van der Waals surface area contributed by atoms with Gasteiger partial charge in [-0.25, -0.2) is 4.98 Å². The molecule has 0 spiro atoms. The van der Waals surface area contributed by atoms with Crippen LogP contribution in [0.2, 0.25) is 0 Å². The molecule has 1 aromatic heterocycles. The number of hydrogen-bond acceptors (Lipinski definition) is 4. The zero-order valence-electron chi connectivity index (χ0n) is 17.4. The van der Waals surface area contributed by atoms with E-state index in [4.69, 9.17) is 0 Å². The van der Waals surface area contributed by atoms with Crippen molar-refractivity contribution in [3.05, 3.63) is 94.6 Å². The summed E-state index contributed by atoms with van der Waals surface area (Å²) in [5.41, 5.74) is 2.29. The van der Waals surface area contributed by atoms with Gasteiger partial charge in [-0.2, -0.15) is 0 Å². The van der Waals surface area contributed by atoms with Gasteiger partial charge in [-0.1, -0.05) is 52.3 Å². The second-order valence-corrected chi connectivity index (χ2v) is 8.34. The van der Waals surface area contributed by atoms with Crippen molar-refractivity contribution in [3.63, 3.8) is 0 Å². The molecule has 1 aliphatic heterocycles. The molecule has 1 aliphatic rings. The van der Waals surface area contributed by atoms with Crippen molar-refractivity contribution < 1.29 is 9.59 Å². The summed E-state index contributed by atoms with van der Waals surface area (Å²) in [6, 6.07) is 20.9. The zero-order valence-corrected chi connectivity index (χ0v) is 19.0. The molecular weight excluding hydrogens is 468 g/mol. The Hall–Kier alpha value is -3.45. The van der Waals surface area contributed by atoms with Crippen molar-refractivity contribution in [3.8, 4) is 0 Å². The first kappa shape index (κ1) is 21.8. The summed E-state index contributed by atoms with van der Waals surface area (Å²) in [6.45, 7) is 2.68. The van der Waals surface area contributed by atoms with Gasteiger partial charge in [0.2, 0.25) is 5.91 Å². The first-order chi connectivity index (χ1) is 15.6. The Labute approximate surface area is 195 Å². The molecule has 0 atom stereocenters. The fraction of sp³-hybridized carbons (Fsp3) is 0.160. The molecule has 2 heterocycles. The van der Waals surface area contributed by atoms with Crippen LogP contribution >= 0.6 is 15.9 Å². The van der Waals surface area contributed by atoms with Crippen LogP contribution in [-0.4, -0.2) is 47.9 Å². The number of amides is 2. The Kier molecular flexibility index (Phi) is 6.97. The lowest BCUT2D eigenvalue weighted by molar-refractivity contribution is -0.111. The number of hydrogen-bond donors (Lipinski definition) is 1. The Morgan fingerprint density at radius 3 is 2.41 bits per heavy atom. The molecule has 2 aromatic carbocycles. The molecule has 0 radical (unpaired) electrons. The quantitative estimate of drug-likeness (QED) is 0.536. The van der Waals surface area contributed by atoms with Gasteiger partial charge in [-0.15, -0.1) is 0 Å². The number of nitrogens with zero attached hydrogens (tertiary/aromatic N) is 3. The zero-order chi connectivity index (χ0) is 22.3. The molecule has 32 heavy (non-hydrogen) atoms. The molecule has 0 unspecified atom stereocenters. The highest BCUT2D eigenvalue weighted by Crippen LogP contribution is 2.19. The average molecular weight is 491 g/mol. The first-order valence-electron chi connectivity index (χ1n) is 10.4. The maximum Gasteiger partial charge on any atom is 0.254 e. The largest absolute Gasteiger partial charge is 0.353 e. The molecule has 0 bridgehead atoms. The molecule has 7 heteroatoms. The average Bonchev–Trinajstić information content (AvgIpc) is 2.83. The van der Waals surface area contributed by atoms with Crippen LogP contribution in [0.25, 0.3) is 6.08 Å². The van der Waals surface area contributed by atoms with Crippen LogP contribution in [0.3, 0.4) is 0 Å². The van der Waals surface area contributed by atoms with Crippen LogP contribution < -0.4 is 10.2 Å². The summed E-state index contributed by atoms with van der Waals surface area (Å²) in [6.07, 6.45) is 4.93. The second kappa shape index (κ2) is 10.2. The second-order valence-electron chi connectivity index (χ2n) is 7.43. The number of halogens is 1.